The third-order valence-corrected chi connectivity index (χ3v) is 5.23. The van der Waals surface area contributed by atoms with Crippen LogP contribution >= 0.6 is 11.3 Å². The van der Waals surface area contributed by atoms with Crippen molar-refractivity contribution in [1.82, 2.24) is 10.3 Å². The Morgan fingerprint density at radius 2 is 1.78 bits per heavy atom. The Bertz CT molecular complexity index is 362. The van der Waals surface area contributed by atoms with E-state index in [9.17, 15) is 0 Å². The highest BCUT2D eigenvalue weighted by Crippen LogP contribution is 2.32. The summed E-state index contributed by atoms with van der Waals surface area (Å²) in [5.41, 5.74) is 1.27. The van der Waals surface area contributed by atoms with Crippen molar-refractivity contribution in [3.8, 4) is 0 Å². The van der Waals surface area contributed by atoms with E-state index in [-0.39, 0.29) is 0 Å². The molecule has 1 aromatic rings. The summed E-state index contributed by atoms with van der Waals surface area (Å²) in [6.45, 7) is 0.980. The number of hydrogen-bond donors (Lipinski definition) is 1. The Labute approximate surface area is 114 Å². The summed E-state index contributed by atoms with van der Waals surface area (Å²) in [6.07, 6.45) is 12.6. The highest BCUT2D eigenvalue weighted by Gasteiger charge is 2.21. The minimum atomic E-state index is 0.755. The van der Waals surface area contributed by atoms with Gasteiger partial charge in [-0.1, -0.05) is 32.1 Å². The normalized spacial score (nSPS) is 22.7. The number of nitrogens with zero attached hydrogens (tertiary/aromatic N) is 1. The molecule has 0 aromatic carbocycles. The van der Waals surface area contributed by atoms with Gasteiger partial charge in [0, 0.05) is 23.9 Å². The van der Waals surface area contributed by atoms with Crippen molar-refractivity contribution in [3.63, 3.8) is 0 Å². The van der Waals surface area contributed by atoms with Crippen LogP contribution in [0.4, 0.5) is 0 Å². The first-order valence-corrected chi connectivity index (χ1v) is 8.47. The summed E-state index contributed by atoms with van der Waals surface area (Å²) in [7, 11) is 0. The van der Waals surface area contributed by atoms with Crippen LogP contribution in [0, 0.1) is 0 Å². The van der Waals surface area contributed by atoms with E-state index in [2.05, 4.69) is 10.7 Å². The molecule has 0 aliphatic heterocycles. The summed E-state index contributed by atoms with van der Waals surface area (Å²) >= 11 is 1.89. The third kappa shape index (κ3) is 3.55. The number of hydrogen-bond acceptors (Lipinski definition) is 3. The number of aromatic nitrogens is 1. The molecule has 0 amide bonds. The lowest BCUT2D eigenvalue weighted by atomic mass is 9.92. The quantitative estimate of drug-likeness (QED) is 0.880. The van der Waals surface area contributed by atoms with E-state index in [0.717, 1.165) is 18.5 Å². The molecule has 0 bridgehead atoms. The average molecular weight is 264 g/mol. The molecule has 0 spiro atoms. The molecule has 1 aromatic heterocycles. The van der Waals surface area contributed by atoms with Crippen LogP contribution in [-0.2, 0) is 6.54 Å². The zero-order valence-corrected chi connectivity index (χ0v) is 12.0. The van der Waals surface area contributed by atoms with Crippen molar-refractivity contribution in [2.24, 2.45) is 0 Å². The van der Waals surface area contributed by atoms with Crippen LogP contribution in [0.1, 0.15) is 74.4 Å². The molecule has 100 valence electrons. The molecular formula is C15H24N2S. The van der Waals surface area contributed by atoms with Crippen molar-refractivity contribution < 1.29 is 0 Å². The number of nitrogens with one attached hydrogen (secondary N) is 1. The lowest BCUT2D eigenvalue weighted by Crippen LogP contribution is -2.15. The minimum Gasteiger partial charge on any atom is -0.308 e. The van der Waals surface area contributed by atoms with Crippen LogP contribution in [0.3, 0.4) is 0 Å². The molecule has 1 heterocycles. The van der Waals surface area contributed by atoms with Crippen molar-refractivity contribution in [2.45, 2.75) is 76.3 Å². The van der Waals surface area contributed by atoms with Crippen LogP contribution < -0.4 is 5.32 Å². The Morgan fingerprint density at radius 1 is 1.06 bits per heavy atom. The van der Waals surface area contributed by atoms with Crippen molar-refractivity contribution in [2.75, 3.05) is 0 Å². The zero-order valence-electron chi connectivity index (χ0n) is 11.2. The molecule has 0 saturated heterocycles. The molecule has 2 aliphatic carbocycles. The molecule has 2 nitrogen and oxygen atoms in total. The SMILES string of the molecule is c1sc(C2CCCCCCC2)nc1CNC1CC1. The summed E-state index contributed by atoms with van der Waals surface area (Å²) in [5.74, 6) is 0.755. The lowest BCUT2D eigenvalue weighted by molar-refractivity contribution is 0.454. The smallest absolute Gasteiger partial charge is 0.0959 e. The van der Waals surface area contributed by atoms with E-state index in [4.69, 9.17) is 4.98 Å². The summed E-state index contributed by atoms with van der Waals surface area (Å²) in [6, 6.07) is 0.788. The Morgan fingerprint density at radius 3 is 2.50 bits per heavy atom. The molecule has 3 heteroatoms. The summed E-state index contributed by atoms with van der Waals surface area (Å²) < 4.78 is 0. The molecule has 3 rings (SSSR count). The Kier molecular flexibility index (Phi) is 4.32. The molecule has 0 atom stereocenters. The van der Waals surface area contributed by atoms with E-state index in [0.29, 0.717) is 0 Å². The highest BCUT2D eigenvalue weighted by atomic mass is 32.1. The highest BCUT2D eigenvalue weighted by molar-refractivity contribution is 7.09. The molecule has 18 heavy (non-hydrogen) atoms. The number of rotatable bonds is 4. The summed E-state index contributed by atoms with van der Waals surface area (Å²) in [5, 5.41) is 7.23. The fraction of sp³-hybridized carbons (Fsp3) is 0.800. The van der Waals surface area contributed by atoms with Gasteiger partial charge in [0.15, 0.2) is 0 Å². The van der Waals surface area contributed by atoms with E-state index in [1.807, 2.05) is 11.3 Å². The van der Waals surface area contributed by atoms with E-state index < -0.39 is 0 Å². The molecular weight excluding hydrogens is 240 g/mol. The first kappa shape index (κ1) is 12.6. The van der Waals surface area contributed by atoms with Gasteiger partial charge in [-0.05, 0) is 25.7 Å². The Balaban J connectivity index is 1.55. The predicted molar refractivity (Wildman–Crippen MR) is 77.0 cm³/mol. The maximum absolute atomic E-state index is 4.86. The monoisotopic (exact) mass is 264 g/mol. The largest absolute Gasteiger partial charge is 0.308 e. The zero-order chi connectivity index (χ0) is 12.2. The first-order valence-electron chi connectivity index (χ1n) is 7.59. The number of thiazole rings is 1. The van der Waals surface area contributed by atoms with Gasteiger partial charge in [0.1, 0.15) is 0 Å². The average Bonchev–Trinajstić information content (AvgIpc) is 3.05. The van der Waals surface area contributed by atoms with E-state index in [1.54, 1.807) is 0 Å². The lowest BCUT2D eigenvalue weighted by Gasteiger charge is -2.17. The standard InChI is InChI=1S/C15H24N2S/c1-2-4-6-12(7-5-3-1)15-17-14(11-18-15)10-16-13-8-9-13/h11-13,16H,1-10H2. The topological polar surface area (TPSA) is 24.9 Å². The van der Waals surface area contributed by atoms with Crippen molar-refractivity contribution in [1.29, 1.82) is 0 Å². The van der Waals surface area contributed by atoms with E-state index in [1.165, 1.54) is 68.5 Å². The van der Waals surface area contributed by atoms with Gasteiger partial charge in [-0.25, -0.2) is 4.98 Å². The fourth-order valence-corrected chi connectivity index (χ4v) is 3.82. The van der Waals surface area contributed by atoms with Crippen LogP contribution in [0.2, 0.25) is 0 Å². The van der Waals surface area contributed by atoms with Gasteiger partial charge in [-0.2, -0.15) is 0 Å². The molecule has 2 fully saturated rings. The van der Waals surface area contributed by atoms with Gasteiger partial charge in [-0.3, -0.25) is 0 Å². The van der Waals surface area contributed by atoms with Gasteiger partial charge in [0.05, 0.1) is 10.7 Å². The molecule has 2 aliphatic rings. The maximum atomic E-state index is 4.86. The van der Waals surface area contributed by atoms with Gasteiger partial charge in [0.25, 0.3) is 0 Å². The van der Waals surface area contributed by atoms with Crippen molar-refractivity contribution in [3.05, 3.63) is 16.1 Å². The van der Waals surface area contributed by atoms with Gasteiger partial charge < -0.3 is 5.32 Å². The van der Waals surface area contributed by atoms with E-state index >= 15 is 0 Å². The fourth-order valence-electron chi connectivity index (χ4n) is 2.83. The second kappa shape index (κ2) is 6.16. The van der Waals surface area contributed by atoms with Crippen LogP contribution in [-0.4, -0.2) is 11.0 Å². The van der Waals surface area contributed by atoms with Gasteiger partial charge >= 0.3 is 0 Å². The van der Waals surface area contributed by atoms with Gasteiger partial charge in [0.2, 0.25) is 0 Å². The second-order valence-electron chi connectivity index (χ2n) is 5.87. The van der Waals surface area contributed by atoms with Gasteiger partial charge in [-0.15, -0.1) is 11.3 Å². The van der Waals surface area contributed by atoms with Crippen molar-refractivity contribution >= 4 is 11.3 Å². The molecule has 0 unspecified atom stereocenters. The van der Waals surface area contributed by atoms with Crippen LogP contribution in [0.5, 0.6) is 0 Å². The third-order valence-electron chi connectivity index (χ3n) is 4.17. The first-order chi connectivity index (χ1) is 8.92. The Hall–Kier alpha value is -0.410. The minimum absolute atomic E-state index is 0.755. The van der Waals surface area contributed by atoms with Crippen LogP contribution in [0.25, 0.3) is 0 Å². The molecule has 2 saturated carbocycles. The van der Waals surface area contributed by atoms with Crippen LogP contribution in [0.15, 0.2) is 5.38 Å². The predicted octanol–water partition coefficient (Wildman–Crippen LogP) is 4.22. The second-order valence-corrected chi connectivity index (χ2v) is 6.76. The molecule has 0 radical (unpaired) electrons. The maximum Gasteiger partial charge on any atom is 0.0959 e. The molecule has 1 N–H and O–H groups in total. The summed E-state index contributed by atoms with van der Waals surface area (Å²) in [4.78, 5) is 4.86.